The molecule has 0 unspecified atom stereocenters. The molecule has 2 aliphatic rings. The fraction of sp³-hybridized carbons (Fsp3) is 0.345. The molecule has 6 nitrogen and oxygen atoms in total. The Morgan fingerprint density at radius 1 is 1.05 bits per heavy atom. The SMILES string of the molecule is C[C@@H](c1ccc(Cl)cc1)N(Cc1ccccc1)C[C@H]1CN(c2ccc(N3CCOCC3)c(F)c2)C(=O)O1. The second kappa shape index (κ2) is 11.5. The molecule has 0 aliphatic carbocycles. The smallest absolute Gasteiger partial charge is 0.414 e. The van der Waals surface area contributed by atoms with Gasteiger partial charge in [-0.05, 0) is 48.4 Å². The summed E-state index contributed by atoms with van der Waals surface area (Å²) in [5.74, 6) is -0.349. The van der Waals surface area contributed by atoms with Crippen LogP contribution in [0.3, 0.4) is 0 Å². The zero-order chi connectivity index (χ0) is 25.8. The van der Waals surface area contributed by atoms with Crippen molar-refractivity contribution in [1.82, 2.24) is 4.90 Å². The van der Waals surface area contributed by atoms with E-state index < -0.39 is 6.09 Å². The fourth-order valence-electron chi connectivity index (χ4n) is 4.94. The second-order valence-electron chi connectivity index (χ2n) is 9.49. The van der Waals surface area contributed by atoms with Gasteiger partial charge in [-0.1, -0.05) is 54.1 Å². The van der Waals surface area contributed by atoms with E-state index in [1.165, 1.54) is 16.5 Å². The van der Waals surface area contributed by atoms with Gasteiger partial charge >= 0.3 is 6.09 Å². The van der Waals surface area contributed by atoms with Crippen LogP contribution in [0.1, 0.15) is 24.1 Å². The third-order valence-electron chi connectivity index (χ3n) is 7.04. The summed E-state index contributed by atoms with van der Waals surface area (Å²) in [5, 5.41) is 0.692. The number of ether oxygens (including phenoxy) is 2. The normalized spacial score (nSPS) is 18.8. The van der Waals surface area contributed by atoms with E-state index >= 15 is 4.39 Å². The molecule has 0 saturated carbocycles. The van der Waals surface area contributed by atoms with E-state index in [9.17, 15) is 4.79 Å². The minimum atomic E-state index is -0.456. The predicted octanol–water partition coefficient (Wildman–Crippen LogP) is 5.90. The summed E-state index contributed by atoms with van der Waals surface area (Å²) in [5.41, 5.74) is 3.33. The molecular formula is C29H31ClFN3O3. The van der Waals surface area contributed by atoms with Crippen molar-refractivity contribution in [2.75, 3.05) is 49.2 Å². The molecule has 0 radical (unpaired) electrons. The first-order chi connectivity index (χ1) is 18.0. The molecule has 8 heteroatoms. The van der Waals surface area contributed by atoms with Gasteiger partial charge in [0.1, 0.15) is 11.9 Å². The van der Waals surface area contributed by atoms with Crippen LogP contribution >= 0.6 is 11.6 Å². The minimum absolute atomic E-state index is 0.0653. The van der Waals surface area contributed by atoms with Crippen molar-refractivity contribution in [1.29, 1.82) is 0 Å². The van der Waals surface area contributed by atoms with E-state index in [-0.39, 0.29) is 18.0 Å². The number of carbonyl (C=O) groups excluding carboxylic acids is 1. The molecule has 3 aromatic carbocycles. The molecule has 1 amide bonds. The maximum Gasteiger partial charge on any atom is 0.414 e. The summed E-state index contributed by atoms with van der Waals surface area (Å²) in [6.07, 6.45) is -0.810. The van der Waals surface area contributed by atoms with Gasteiger partial charge < -0.3 is 14.4 Å². The van der Waals surface area contributed by atoms with Gasteiger partial charge in [0.15, 0.2) is 0 Å². The van der Waals surface area contributed by atoms with Crippen LogP contribution in [-0.4, -0.2) is 56.5 Å². The molecule has 5 rings (SSSR count). The van der Waals surface area contributed by atoms with Crippen LogP contribution in [0.4, 0.5) is 20.6 Å². The van der Waals surface area contributed by atoms with Gasteiger partial charge in [0.05, 0.1) is 31.1 Å². The van der Waals surface area contributed by atoms with E-state index in [4.69, 9.17) is 21.1 Å². The lowest BCUT2D eigenvalue weighted by molar-refractivity contribution is 0.0889. The van der Waals surface area contributed by atoms with Crippen LogP contribution < -0.4 is 9.80 Å². The molecule has 37 heavy (non-hydrogen) atoms. The Hall–Kier alpha value is -3.13. The molecule has 3 aromatic rings. The number of hydrogen-bond acceptors (Lipinski definition) is 5. The van der Waals surface area contributed by atoms with Crippen molar-refractivity contribution in [3.63, 3.8) is 0 Å². The highest BCUT2D eigenvalue weighted by Gasteiger charge is 2.35. The highest BCUT2D eigenvalue weighted by atomic mass is 35.5. The van der Waals surface area contributed by atoms with Gasteiger partial charge in [-0.2, -0.15) is 0 Å². The maximum atomic E-state index is 15.0. The molecule has 0 N–H and O–H groups in total. The van der Waals surface area contributed by atoms with Gasteiger partial charge in [0.25, 0.3) is 0 Å². The van der Waals surface area contributed by atoms with Gasteiger partial charge in [-0.15, -0.1) is 0 Å². The first kappa shape index (κ1) is 25.5. The molecule has 2 heterocycles. The van der Waals surface area contributed by atoms with E-state index in [1.807, 2.05) is 47.4 Å². The summed E-state index contributed by atoms with van der Waals surface area (Å²) in [6, 6.07) is 23.1. The first-order valence-electron chi connectivity index (χ1n) is 12.6. The third kappa shape index (κ3) is 6.06. The van der Waals surface area contributed by atoms with Crippen LogP contribution in [0.5, 0.6) is 0 Å². The van der Waals surface area contributed by atoms with Crippen LogP contribution in [0.15, 0.2) is 72.8 Å². The van der Waals surface area contributed by atoms with Crippen molar-refractivity contribution in [2.24, 2.45) is 0 Å². The summed E-state index contributed by atoms with van der Waals surface area (Å²) in [7, 11) is 0. The van der Waals surface area contributed by atoms with E-state index in [0.717, 1.165) is 5.56 Å². The van der Waals surface area contributed by atoms with Gasteiger partial charge in [-0.25, -0.2) is 9.18 Å². The molecule has 2 atom stereocenters. The van der Waals surface area contributed by atoms with Crippen molar-refractivity contribution in [3.05, 3.63) is 94.8 Å². The predicted molar refractivity (Wildman–Crippen MR) is 144 cm³/mol. The fourth-order valence-corrected chi connectivity index (χ4v) is 5.07. The lowest BCUT2D eigenvalue weighted by Crippen LogP contribution is -2.37. The monoisotopic (exact) mass is 523 g/mol. The average molecular weight is 524 g/mol. The minimum Gasteiger partial charge on any atom is -0.443 e. The van der Waals surface area contributed by atoms with Crippen molar-refractivity contribution in [3.8, 4) is 0 Å². The Morgan fingerprint density at radius 3 is 2.49 bits per heavy atom. The largest absolute Gasteiger partial charge is 0.443 e. The Bertz CT molecular complexity index is 1200. The van der Waals surface area contributed by atoms with Crippen molar-refractivity contribution >= 4 is 29.1 Å². The number of cyclic esters (lactones) is 1. The standard InChI is InChI=1S/C29H31ClFN3O3/c1-21(23-7-9-24(30)10-8-23)33(18-22-5-3-2-4-6-22)19-26-20-34(29(35)37-26)25-11-12-28(27(31)17-25)32-13-15-36-16-14-32/h2-12,17,21,26H,13-16,18-20H2,1H3/t21-,26-/m0/s1. The lowest BCUT2D eigenvalue weighted by Gasteiger charge is -2.31. The highest BCUT2D eigenvalue weighted by molar-refractivity contribution is 6.30. The molecule has 194 valence electrons. The van der Waals surface area contributed by atoms with Gasteiger partial charge in [0, 0.05) is 37.2 Å². The van der Waals surface area contributed by atoms with Crippen molar-refractivity contribution in [2.45, 2.75) is 25.6 Å². The number of halogens is 2. The molecular weight excluding hydrogens is 493 g/mol. The zero-order valence-electron chi connectivity index (χ0n) is 20.9. The molecule has 0 bridgehead atoms. The number of benzene rings is 3. The molecule has 2 aliphatic heterocycles. The lowest BCUT2D eigenvalue weighted by atomic mass is 10.0. The number of anilines is 2. The molecule has 0 spiro atoms. The third-order valence-corrected chi connectivity index (χ3v) is 7.29. The van der Waals surface area contributed by atoms with Gasteiger partial charge in [0.2, 0.25) is 0 Å². The van der Waals surface area contributed by atoms with E-state index in [2.05, 4.69) is 24.0 Å². The summed E-state index contributed by atoms with van der Waals surface area (Å²) in [6.45, 7) is 6.18. The first-order valence-corrected chi connectivity index (χ1v) is 13.0. The Morgan fingerprint density at radius 2 is 1.78 bits per heavy atom. The number of nitrogens with zero attached hydrogens (tertiary/aromatic N) is 3. The highest BCUT2D eigenvalue weighted by Crippen LogP contribution is 2.30. The number of rotatable bonds is 8. The number of morpholine rings is 1. The Balaban J connectivity index is 1.31. The summed E-state index contributed by atoms with van der Waals surface area (Å²) in [4.78, 5) is 18.6. The van der Waals surface area contributed by atoms with Crippen LogP contribution in [0, 0.1) is 5.82 Å². The Kier molecular flexibility index (Phi) is 7.93. The number of amides is 1. The quantitative estimate of drug-likeness (QED) is 0.367. The van der Waals surface area contributed by atoms with E-state index in [1.54, 1.807) is 12.1 Å². The van der Waals surface area contributed by atoms with Crippen LogP contribution in [0.2, 0.25) is 5.02 Å². The maximum absolute atomic E-state index is 15.0. The van der Waals surface area contributed by atoms with Crippen LogP contribution in [-0.2, 0) is 16.0 Å². The summed E-state index contributed by atoms with van der Waals surface area (Å²) < 4.78 is 26.1. The molecule has 2 saturated heterocycles. The second-order valence-corrected chi connectivity index (χ2v) is 9.93. The average Bonchev–Trinajstić information content (AvgIpc) is 3.29. The number of carbonyl (C=O) groups is 1. The molecule has 0 aromatic heterocycles. The zero-order valence-corrected chi connectivity index (χ0v) is 21.6. The van der Waals surface area contributed by atoms with Crippen LogP contribution in [0.25, 0.3) is 0 Å². The molecule has 2 fully saturated rings. The van der Waals surface area contributed by atoms with Gasteiger partial charge in [-0.3, -0.25) is 9.80 Å². The Labute approximate surface area is 222 Å². The number of hydrogen-bond donors (Lipinski definition) is 0. The van der Waals surface area contributed by atoms with Crippen molar-refractivity contribution < 1.29 is 18.7 Å². The van der Waals surface area contributed by atoms with E-state index in [0.29, 0.717) is 62.3 Å². The summed E-state index contributed by atoms with van der Waals surface area (Å²) >= 11 is 6.11. The topological polar surface area (TPSA) is 45.2 Å².